The number of anilines is 1. The summed E-state index contributed by atoms with van der Waals surface area (Å²) in [4.78, 5) is 8.92. The lowest BCUT2D eigenvalue weighted by Gasteiger charge is -2.16. The van der Waals surface area contributed by atoms with Gasteiger partial charge in [0, 0.05) is 36.5 Å². The van der Waals surface area contributed by atoms with Gasteiger partial charge >= 0.3 is 0 Å². The molecule has 0 aliphatic heterocycles. The number of aromatic nitrogens is 6. The Kier molecular flexibility index (Phi) is 4.93. The van der Waals surface area contributed by atoms with E-state index in [2.05, 4.69) is 45.4 Å². The molecule has 4 heterocycles. The van der Waals surface area contributed by atoms with Crippen molar-refractivity contribution in [3.8, 4) is 17.6 Å². The second kappa shape index (κ2) is 7.69. The molecular formula is C20H20N8O. The Bertz CT molecular complexity index is 1200. The summed E-state index contributed by atoms with van der Waals surface area (Å²) >= 11 is 0. The average molecular weight is 388 g/mol. The molecule has 0 saturated heterocycles. The largest absolute Gasteiger partial charge is 0.396 e. The molecule has 0 aliphatic rings. The Morgan fingerprint density at radius 2 is 2.00 bits per heavy atom. The van der Waals surface area contributed by atoms with Crippen LogP contribution in [0.3, 0.4) is 0 Å². The van der Waals surface area contributed by atoms with Gasteiger partial charge in [-0.2, -0.15) is 20.1 Å². The molecule has 9 nitrogen and oxygen atoms in total. The number of hydrogen-bond donors (Lipinski definition) is 2. The molecule has 4 aromatic heterocycles. The summed E-state index contributed by atoms with van der Waals surface area (Å²) < 4.78 is 3.39. The van der Waals surface area contributed by atoms with E-state index in [9.17, 15) is 0 Å². The van der Waals surface area contributed by atoms with Gasteiger partial charge < -0.3 is 10.4 Å². The second-order valence-electron chi connectivity index (χ2n) is 6.93. The molecule has 0 aromatic carbocycles. The average Bonchev–Trinajstić information content (AvgIpc) is 3.34. The van der Waals surface area contributed by atoms with Crippen molar-refractivity contribution in [3.63, 3.8) is 0 Å². The molecule has 0 bridgehead atoms. The zero-order chi connectivity index (χ0) is 20.4. The van der Waals surface area contributed by atoms with Gasteiger partial charge in [-0.1, -0.05) is 0 Å². The van der Waals surface area contributed by atoms with Gasteiger partial charge in [-0.05, 0) is 31.9 Å². The van der Waals surface area contributed by atoms with Crippen LogP contribution in [-0.2, 0) is 6.42 Å². The fraction of sp³-hybridized carbons (Fsp3) is 0.250. The summed E-state index contributed by atoms with van der Waals surface area (Å²) in [5.41, 5.74) is 3.70. The van der Waals surface area contributed by atoms with Crippen LogP contribution in [-0.4, -0.2) is 47.3 Å². The Morgan fingerprint density at radius 3 is 2.76 bits per heavy atom. The van der Waals surface area contributed by atoms with E-state index in [-0.39, 0.29) is 12.6 Å². The maximum absolute atomic E-state index is 9.14. The van der Waals surface area contributed by atoms with E-state index < -0.39 is 0 Å². The van der Waals surface area contributed by atoms with Crippen LogP contribution in [0.2, 0.25) is 0 Å². The number of hydrogen-bond acceptors (Lipinski definition) is 7. The zero-order valence-electron chi connectivity index (χ0n) is 16.1. The third-order valence-electron chi connectivity index (χ3n) is 4.35. The van der Waals surface area contributed by atoms with Gasteiger partial charge in [-0.15, -0.1) is 0 Å². The Labute approximate surface area is 167 Å². The Hall–Kier alpha value is -3.77. The number of nitriles is 1. The number of aliphatic hydroxyl groups excluding tert-OH is 1. The lowest BCUT2D eigenvalue weighted by atomic mass is 10.2. The van der Waals surface area contributed by atoms with Gasteiger partial charge in [-0.3, -0.25) is 0 Å². The van der Waals surface area contributed by atoms with Crippen LogP contribution in [0.25, 0.3) is 22.5 Å². The van der Waals surface area contributed by atoms with Crippen molar-refractivity contribution < 1.29 is 5.11 Å². The molecule has 0 aliphatic carbocycles. The summed E-state index contributed by atoms with van der Waals surface area (Å²) in [5.74, 6) is 0.604. The highest BCUT2D eigenvalue weighted by Crippen LogP contribution is 2.24. The minimum Gasteiger partial charge on any atom is -0.396 e. The summed E-state index contributed by atoms with van der Waals surface area (Å²) in [7, 11) is 0. The maximum atomic E-state index is 9.14. The third kappa shape index (κ3) is 3.66. The predicted molar refractivity (Wildman–Crippen MR) is 108 cm³/mol. The van der Waals surface area contributed by atoms with E-state index in [4.69, 9.17) is 10.4 Å². The minimum atomic E-state index is 0.0763. The minimum absolute atomic E-state index is 0.0763. The zero-order valence-corrected chi connectivity index (χ0v) is 16.1. The molecule has 0 amide bonds. The molecule has 4 aromatic rings. The van der Waals surface area contributed by atoms with Gasteiger partial charge in [0.25, 0.3) is 0 Å². The molecule has 0 spiro atoms. The summed E-state index contributed by atoms with van der Waals surface area (Å²) in [5, 5.41) is 31.2. The standard InChI is InChI=1S/C20H20N8O/c1-13(2)26-17-6-19(22-11-18(17)27-12-14(3-4-29)9-24-27)28-20-16(10-25-28)5-15(7-21)8-23-20/h5-6,8-13,29H,3-4H2,1-2H3,(H,22,26). The maximum Gasteiger partial charge on any atom is 0.164 e. The van der Waals surface area contributed by atoms with Crippen molar-refractivity contribution in [3.05, 3.63) is 54.2 Å². The first-order valence-electron chi connectivity index (χ1n) is 9.24. The summed E-state index contributed by atoms with van der Waals surface area (Å²) in [6, 6.07) is 5.93. The molecule has 0 unspecified atom stereocenters. The van der Waals surface area contributed by atoms with Crippen LogP contribution < -0.4 is 5.32 Å². The van der Waals surface area contributed by atoms with Gasteiger partial charge in [0.05, 0.1) is 29.8 Å². The molecule has 0 saturated carbocycles. The van der Waals surface area contributed by atoms with Crippen molar-refractivity contribution in [2.24, 2.45) is 0 Å². The quantitative estimate of drug-likeness (QED) is 0.520. The van der Waals surface area contributed by atoms with E-state index in [0.717, 1.165) is 22.3 Å². The van der Waals surface area contributed by atoms with E-state index in [1.54, 1.807) is 34.0 Å². The van der Waals surface area contributed by atoms with E-state index in [0.29, 0.717) is 23.4 Å². The van der Waals surface area contributed by atoms with Gasteiger partial charge in [0.15, 0.2) is 11.5 Å². The first kappa shape index (κ1) is 18.6. The molecule has 0 radical (unpaired) electrons. The molecule has 0 atom stereocenters. The number of aliphatic hydroxyl groups is 1. The molecule has 2 N–H and O–H groups in total. The van der Waals surface area contributed by atoms with Crippen LogP contribution >= 0.6 is 0 Å². The number of rotatable bonds is 6. The van der Waals surface area contributed by atoms with Crippen molar-refractivity contribution >= 4 is 16.7 Å². The normalized spacial score (nSPS) is 11.1. The molecule has 146 valence electrons. The lowest BCUT2D eigenvalue weighted by Crippen LogP contribution is -2.14. The lowest BCUT2D eigenvalue weighted by molar-refractivity contribution is 0.299. The smallest absolute Gasteiger partial charge is 0.164 e. The van der Waals surface area contributed by atoms with Crippen LogP contribution in [0, 0.1) is 11.3 Å². The number of nitrogens with one attached hydrogen (secondary N) is 1. The van der Waals surface area contributed by atoms with Gasteiger partial charge in [-0.25, -0.2) is 14.6 Å². The fourth-order valence-corrected chi connectivity index (χ4v) is 3.06. The van der Waals surface area contributed by atoms with Crippen LogP contribution in [0.1, 0.15) is 25.0 Å². The van der Waals surface area contributed by atoms with E-state index >= 15 is 0 Å². The highest BCUT2D eigenvalue weighted by atomic mass is 16.3. The highest BCUT2D eigenvalue weighted by molar-refractivity contribution is 5.77. The van der Waals surface area contributed by atoms with Crippen molar-refractivity contribution in [2.75, 3.05) is 11.9 Å². The van der Waals surface area contributed by atoms with Crippen LogP contribution in [0.15, 0.2) is 43.1 Å². The molecule has 9 heteroatoms. The van der Waals surface area contributed by atoms with E-state index in [1.807, 2.05) is 12.3 Å². The summed E-state index contributed by atoms with van der Waals surface area (Å²) in [6.45, 7) is 4.18. The Balaban J connectivity index is 1.79. The molecule has 4 rings (SSSR count). The number of fused-ring (bicyclic) bond motifs is 1. The predicted octanol–water partition coefficient (Wildman–Crippen LogP) is 2.23. The van der Waals surface area contributed by atoms with E-state index in [1.165, 1.54) is 6.20 Å². The van der Waals surface area contributed by atoms with Gasteiger partial charge in [0.2, 0.25) is 0 Å². The molecular weight excluding hydrogens is 368 g/mol. The highest BCUT2D eigenvalue weighted by Gasteiger charge is 2.14. The first-order valence-corrected chi connectivity index (χ1v) is 9.24. The Morgan fingerprint density at radius 1 is 1.14 bits per heavy atom. The van der Waals surface area contributed by atoms with Crippen LogP contribution in [0.5, 0.6) is 0 Å². The topological polar surface area (TPSA) is 117 Å². The second-order valence-corrected chi connectivity index (χ2v) is 6.93. The number of nitrogens with zero attached hydrogens (tertiary/aromatic N) is 7. The molecule has 29 heavy (non-hydrogen) atoms. The van der Waals surface area contributed by atoms with Crippen molar-refractivity contribution in [1.82, 2.24) is 29.5 Å². The summed E-state index contributed by atoms with van der Waals surface area (Å²) in [6.07, 6.45) is 9.09. The third-order valence-corrected chi connectivity index (χ3v) is 4.35. The SMILES string of the molecule is CC(C)Nc1cc(-n2ncc3cc(C#N)cnc32)ncc1-n1cc(CCO)cn1. The molecule has 0 fully saturated rings. The van der Waals surface area contributed by atoms with Crippen LogP contribution in [0.4, 0.5) is 5.69 Å². The number of pyridine rings is 2. The van der Waals surface area contributed by atoms with Crippen molar-refractivity contribution in [2.45, 2.75) is 26.3 Å². The van der Waals surface area contributed by atoms with Gasteiger partial charge in [0.1, 0.15) is 11.8 Å². The first-order chi connectivity index (χ1) is 14.1. The fourth-order valence-electron chi connectivity index (χ4n) is 3.06. The van der Waals surface area contributed by atoms with Crippen molar-refractivity contribution in [1.29, 1.82) is 5.26 Å². The monoisotopic (exact) mass is 388 g/mol.